The van der Waals surface area contributed by atoms with Crippen LogP contribution in [0.5, 0.6) is 0 Å². The molecule has 2 rings (SSSR count). The van der Waals surface area contributed by atoms with Crippen molar-refractivity contribution < 1.29 is 4.79 Å². The molecule has 1 amide bonds. The van der Waals surface area contributed by atoms with Crippen LogP contribution in [0.1, 0.15) is 39.0 Å². The predicted molar refractivity (Wildman–Crippen MR) is 51.1 cm³/mol. The molecule has 2 aliphatic rings. The Balaban J connectivity index is 1.87. The summed E-state index contributed by atoms with van der Waals surface area (Å²) in [5.41, 5.74) is 5.30. The van der Waals surface area contributed by atoms with E-state index in [1.807, 2.05) is 0 Å². The lowest BCUT2D eigenvalue weighted by Gasteiger charge is -2.19. The van der Waals surface area contributed by atoms with Crippen molar-refractivity contribution in [3.05, 3.63) is 0 Å². The third-order valence-electron chi connectivity index (χ3n) is 3.42. The lowest BCUT2D eigenvalue weighted by molar-refractivity contribution is -0.124. The minimum atomic E-state index is -0.498. The van der Waals surface area contributed by atoms with E-state index < -0.39 is 5.54 Å². The van der Waals surface area contributed by atoms with Crippen LogP contribution in [0.25, 0.3) is 0 Å². The van der Waals surface area contributed by atoms with Crippen LogP contribution in [0.4, 0.5) is 0 Å². The smallest absolute Gasteiger partial charge is 0.240 e. The van der Waals surface area contributed by atoms with Gasteiger partial charge < -0.3 is 11.1 Å². The van der Waals surface area contributed by atoms with Crippen molar-refractivity contribution >= 4 is 5.91 Å². The zero-order chi connectivity index (χ0) is 9.47. The summed E-state index contributed by atoms with van der Waals surface area (Å²) in [7, 11) is 0. The first-order valence-electron chi connectivity index (χ1n) is 5.22. The average molecular weight is 182 g/mol. The van der Waals surface area contributed by atoms with E-state index in [2.05, 4.69) is 12.2 Å². The van der Waals surface area contributed by atoms with E-state index in [9.17, 15) is 4.79 Å². The molecule has 2 saturated carbocycles. The van der Waals surface area contributed by atoms with Crippen LogP contribution in [-0.4, -0.2) is 17.5 Å². The number of carbonyl (C=O) groups excluding carboxylic acids is 1. The Labute approximate surface area is 79.1 Å². The second kappa shape index (κ2) is 2.98. The summed E-state index contributed by atoms with van der Waals surface area (Å²) in [4.78, 5) is 11.6. The fourth-order valence-electron chi connectivity index (χ4n) is 2.03. The molecule has 0 aliphatic heterocycles. The molecule has 3 nitrogen and oxygen atoms in total. The zero-order valence-corrected chi connectivity index (χ0v) is 8.18. The number of amides is 1. The Kier molecular flexibility index (Phi) is 2.06. The first-order chi connectivity index (χ1) is 6.12. The van der Waals surface area contributed by atoms with Gasteiger partial charge in [0.2, 0.25) is 5.91 Å². The van der Waals surface area contributed by atoms with Crippen molar-refractivity contribution in [2.75, 3.05) is 0 Å². The van der Waals surface area contributed by atoms with Gasteiger partial charge in [0, 0.05) is 6.04 Å². The maximum absolute atomic E-state index is 11.6. The number of rotatable bonds is 2. The van der Waals surface area contributed by atoms with Gasteiger partial charge >= 0.3 is 0 Å². The molecular formula is C10H18N2O. The van der Waals surface area contributed by atoms with Crippen LogP contribution in [0.15, 0.2) is 0 Å². The van der Waals surface area contributed by atoms with E-state index in [0.29, 0.717) is 12.0 Å². The van der Waals surface area contributed by atoms with Crippen LogP contribution in [0.3, 0.4) is 0 Å². The molecule has 0 spiro atoms. The van der Waals surface area contributed by atoms with Crippen molar-refractivity contribution in [1.82, 2.24) is 5.32 Å². The van der Waals surface area contributed by atoms with Crippen LogP contribution >= 0.6 is 0 Å². The van der Waals surface area contributed by atoms with Crippen molar-refractivity contribution in [2.45, 2.75) is 50.6 Å². The number of hydrogen-bond acceptors (Lipinski definition) is 2. The molecule has 3 heteroatoms. The summed E-state index contributed by atoms with van der Waals surface area (Å²) < 4.78 is 0. The molecule has 0 aromatic carbocycles. The molecule has 0 radical (unpaired) electrons. The molecule has 2 aliphatic carbocycles. The van der Waals surface area contributed by atoms with E-state index in [0.717, 1.165) is 19.3 Å². The van der Waals surface area contributed by atoms with Gasteiger partial charge in [0.25, 0.3) is 0 Å². The van der Waals surface area contributed by atoms with E-state index >= 15 is 0 Å². The Morgan fingerprint density at radius 2 is 2.15 bits per heavy atom. The number of carbonyl (C=O) groups is 1. The van der Waals surface area contributed by atoms with Gasteiger partial charge in [0.05, 0.1) is 5.54 Å². The fourth-order valence-corrected chi connectivity index (χ4v) is 2.03. The van der Waals surface area contributed by atoms with Crippen molar-refractivity contribution in [3.63, 3.8) is 0 Å². The zero-order valence-electron chi connectivity index (χ0n) is 8.18. The quantitative estimate of drug-likeness (QED) is 0.663. The van der Waals surface area contributed by atoms with Gasteiger partial charge in [0.15, 0.2) is 0 Å². The molecule has 3 N–H and O–H groups in total. The van der Waals surface area contributed by atoms with E-state index in [1.165, 1.54) is 12.8 Å². The average Bonchev–Trinajstić information content (AvgIpc) is 2.72. The highest BCUT2D eigenvalue weighted by atomic mass is 16.2. The maximum Gasteiger partial charge on any atom is 0.240 e. The van der Waals surface area contributed by atoms with E-state index in [-0.39, 0.29) is 5.91 Å². The monoisotopic (exact) mass is 182 g/mol. The summed E-state index contributed by atoms with van der Waals surface area (Å²) in [6.07, 6.45) is 5.33. The Bertz CT molecular complexity index is 223. The largest absolute Gasteiger partial charge is 0.352 e. The lowest BCUT2D eigenvalue weighted by Crippen LogP contribution is -2.47. The summed E-state index contributed by atoms with van der Waals surface area (Å²) in [6, 6.07) is 0.383. The van der Waals surface area contributed by atoms with Crippen LogP contribution in [0.2, 0.25) is 0 Å². The summed E-state index contributed by atoms with van der Waals surface area (Å²) in [5.74, 6) is 0.706. The van der Waals surface area contributed by atoms with Crippen LogP contribution in [-0.2, 0) is 4.79 Å². The minimum Gasteiger partial charge on any atom is -0.352 e. The van der Waals surface area contributed by atoms with Crippen molar-refractivity contribution in [2.24, 2.45) is 11.7 Å². The van der Waals surface area contributed by atoms with E-state index in [4.69, 9.17) is 5.73 Å². The normalized spacial score (nSPS) is 35.8. The van der Waals surface area contributed by atoms with Gasteiger partial charge in [-0.15, -0.1) is 0 Å². The van der Waals surface area contributed by atoms with Gasteiger partial charge in [-0.1, -0.05) is 13.3 Å². The molecule has 74 valence electrons. The molecule has 2 atom stereocenters. The van der Waals surface area contributed by atoms with Crippen molar-refractivity contribution in [3.8, 4) is 0 Å². The summed E-state index contributed by atoms with van der Waals surface area (Å²) >= 11 is 0. The van der Waals surface area contributed by atoms with Gasteiger partial charge in [0.1, 0.15) is 0 Å². The number of nitrogens with one attached hydrogen (secondary N) is 1. The number of nitrogens with two attached hydrogens (primary N) is 1. The SMILES string of the molecule is CC1CCCC1NC(=O)C1(N)CC1. The Morgan fingerprint density at radius 1 is 1.46 bits per heavy atom. The molecule has 2 fully saturated rings. The standard InChI is InChI=1S/C10H18N2O/c1-7-3-2-4-8(7)12-9(13)10(11)5-6-10/h7-8H,2-6,11H2,1H3,(H,12,13). The van der Waals surface area contributed by atoms with Gasteiger partial charge in [-0.05, 0) is 31.6 Å². The highest BCUT2D eigenvalue weighted by molar-refractivity contribution is 5.89. The topological polar surface area (TPSA) is 55.1 Å². The second-order valence-electron chi connectivity index (χ2n) is 4.64. The summed E-state index contributed by atoms with van der Waals surface area (Å²) in [5, 5.41) is 3.07. The minimum absolute atomic E-state index is 0.0752. The molecule has 2 unspecified atom stereocenters. The highest BCUT2D eigenvalue weighted by Crippen LogP contribution is 2.33. The highest BCUT2D eigenvalue weighted by Gasteiger charge is 2.46. The molecule has 0 aromatic rings. The van der Waals surface area contributed by atoms with Gasteiger partial charge in [-0.3, -0.25) is 4.79 Å². The third kappa shape index (κ3) is 1.70. The van der Waals surface area contributed by atoms with Crippen molar-refractivity contribution in [1.29, 1.82) is 0 Å². The van der Waals surface area contributed by atoms with E-state index in [1.54, 1.807) is 0 Å². The molecule has 0 aromatic heterocycles. The maximum atomic E-state index is 11.6. The molecule has 0 heterocycles. The molecule has 13 heavy (non-hydrogen) atoms. The van der Waals surface area contributed by atoms with Crippen LogP contribution in [0, 0.1) is 5.92 Å². The number of hydrogen-bond donors (Lipinski definition) is 2. The lowest BCUT2D eigenvalue weighted by atomic mass is 10.1. The molecule has 0 saturated heterocycles. The molecular weight excluding hydrogens is 164 g/mol. The fraction of sp³-hybridized carbons (Fsp3) is 0.900. The first-order valence-corrected chi connectivity index (χ1v) is 5.22. The Hall–Kier alpha value is -0.570. The first kappa shape index (κ1) is 9.00. The van der Waals surface area contributed by atoms with Gasteiger partial charge in [-0.25, -0.2) is 0 Å². The predicted octanol–water partition coefficient (Wildman–Crippen LogP) is 0.782. The summed E-state index contributed by atoms with van der Waals surface area (Å²) in [6.45, 7) is 2.20. The third-order valence-corrected chi connectivity index (χ3v) is 3.42. The second-order valence-corrected chi connectivity index (χ2v) is 4.64. The van der Waals surface area contributed by atoms with Gasteiger partial charge in [-0.2, -0.15) is 0 Å². The Morgan fingerprint density at radius 3 is 2.62 bits per heavy atom. The molecule has 0 bridgehead atoms. The van der Waals surface area contributed by atoms with Crippen LogP contribution < -0.4 is 11.1 Å².